The lowest BCUT2D eigenvalue weighted by molar-refractivity contribution is -0.135. The van der Waals surface area contributed by atoms with Crippen molar-refractivity contribution in [1.29, 1.82) is 0 Å². The number of aliphatic hydroxyl groups is 1. The van der Waals surface area contributed by atoms with Gasteiger partial charge < -0.3 is 14.6 Å². The molecule has 1 amide bonds. The van der Waals surface area contributed by atoms with Crippen LogP contribution < -0.4 is 4.90 Å². The number of anilines is 1. The zero-order valence-electron chi connectivity index (χ0n) is 18.1. The molecule has 1 unspecified atom stereocenters. The fourth-order valence-electron chi connectivity index (χ4n) is 4.47. The number of hydrogen-bond acceptors (Lipinski definition) is 3. The highest BCUT2D eigenvalue weighted by atomic mass is 16.3. The maximum Gasteiger partial charge on any atom is 0.264 e. The molecule has 0 fully saturated rings. The zero-order valence-corrected chi connectivity index (χ0v) is 18.1. The van der Waals surface area contributed by atoms with E-state index in [1.165, 1.54) is 0 Å². The van der Waals surface area contributed by atoms with E-state index in [0.717, 1.165) is 11.3 Å². The smallest absolute Gasteiger partial charge is 0.264 e. The summed E-state index contributed by atoms with van der Waals surface area (Å²) in [5.74, 6) is -0.728. The molecule has 0 saturated heterocycles. The van der Waals surface area contributed by atoms with Gasteiger partial charge in [0.05, 0.1) is 12.1 Å². The molecule has 5 nitrogen and oxygen atoms in total. The Labute approximate surface area is 192 Å². The Bertz CT molecular complexity index is 1300. The molecule has 0 spiro atoms. The summed E-state index contributed by atoms with van der Waals surface area (Å²) in [6.45, 7) is 0.430. The molecule has 2 heterocycles. The van der Waals surface area contributed by atoms with E-state index in [2.05, 4.69) is 0 Å². The van der Waals surface area contributed by atoms with Crippen molar-refractivity contribution in [1.82, 2.24) is 4.57 Å². The van der Waals surface area contributed by atoms with E-state index >= 15 is 0 Å². The molecule has 1 atom stereocenters. The van der Waals surface area contributed by atoms with Gasteiger partial charge in [-0.2, -0.15) is 0 Å². The van der Waals surface area contributed by atoms with Crippen LogP contribution in [-0.4, -0.2) is 27.9 Å². The number of fused-ring (bicyclic) bond motifs is 1. The van der Waals surface area contributed by atoms with Gasteiger partial charge in [-0.3, -0.25) is 9.59 Å². The summed E-state index contributed by atoms with van der Waals surface area (Å²) in [5.41, 5.74) is 1.68. The van der Waals surface area contributed by atoms with Crippen LogP contribution in [0.5, 0.6) is 0 Å². The van der Waals surface area contributed by atoms with E-state index in [9.17, 15) is 14.7 Å². The number of nitrogens with zero attached hydrogens (tertiary/aromatic N) is 2. The van der Waals surface area contributed by atoms with Gasteiger partial charge in [-0.1, -0.05) is 60.7 Å². The van der Waals surface area contributed by atoms with Crippen LogP contribution >= 0.6 is 0 Å². The molecule has 0 bridgehead atoms. The standard InChI is InChI=1S/C28H24N2O3/c31-26(22-11-8-12-23(19-22)29-16-6-7-17-29)20-28(33)24-13-4-5-14-25(24)30(27(28)32)18-15-21-9-2-1-3-10-21/h1-14,16-17,19,33H,15,18,20H2. The molecule has 0 saturated carbocycles. The normalized spacial score (nSPS) is 17.2. The van der Waals surface area contributed by atoms with Crippen LogP contribution in [-0.2, 0) is 16.8 Å². The summed E-state index contributed by atoms with van der Waals surface area (Å²) in [6.07, 6.45) is 4.15. The van der Waals surface area contributed by atoms with Crippen LogP contribution in [0.4, 0.5) is 5.69 Å². The number of amides is 1. The average molecular weight is 437 g/mol. The second-order valence-electron chi connectivity index (χ2n) is 8.31. The van der Waals surface area contributed by atoms with Gasteiger partial charge in [0.15, 0.2) is 11.4 Å². The third-order valence-corrected chi connectivity index (χ3v) is 6.19. The first-order valence-corrected chi connectivity index (χ1v) is 11.0. The first-order valence-electron chi connectivity index (χ1n) is 11.0. The van der Waals surface area contributed by atoms with E-state index < -0.39 is 11.5 Å². The van der Waals surface area contributed by atoms with E-state index in [1.54, 1.807) is 29.2 Å². The second kappa shape index (κ2) is 8.52. The number of ketones is 1. The average Bonchev–Trinajstić information content (AvgIpc) is 3.46. The van der Waals surface area contributed by atoms with Crippen LogP contribution in [0.1, 0.15) is 27.9 Å². The second-order valence-corrected chi connectivity index (χ2v) is 8.31. The van der Waals surface area contributed by atoms with Gasteiger partial charge in [0, 0.05) is 35.8 Å². The zero-order chi connectivity index (χ0) is 22.8. The van der Waals surface area contributed by atoms with Crippen molar-refractivity contribution in [2.75, 3.05) is 11.4 Å². The predicted octanol–water partition coefficient (Wildman–Crippen LogP) is 4.53. The van der Waals surface area contributed by atoms with Gasteiger partial charge in [0.25, 0.3) is 5.91 Å². The van der Waals surface area contributed by atoms with Crippen LogP contribution in [0.25, 0.3) is 5.69 Å². The van der Waals surface area contributed by atoms with E-state index in [-0.39, 0.29) is 12.2 Å². The lowest BCUT2D eigenvalue weighted by atomic mass is 9.88. The highest BCUT2D eigenvalue weighted by Gasteiger charge is 2.50. The Balaban J connectivity index is 1.41. The summed E-state index contributed by atoms with van der Waals surface area (Å²) in [6, 6.07) is 28.1. The molecule has 1 aliphatic rings. The lowest BCUT2D eigenvalue weighted by Gasteiger charge is -2.23. The molecular formula is C28H24N2O3. The van der Waals surface area contributed by atoms with E-state index in [0.29, 0.717) is 29.8 Å². The number of Topliss-reactive ketones (excluding diaryl/α,β-unsaturated/α-hetero) is 1. The Morgan fingerprint density at radius 3 is 2.36 bits per heavy atom. The summed E-state index contributed by atoms with van der Waals surface area (Å²) in [7, 11) is 0. The molecule has 4 aromatic rings. The van der Waals surface area contributed by atoms with Gasteiger partial charge in [-0.15, -0.1) is 0 Å². The molecule has 164 valence electrons. The summed E-state index contributed by atoms with van der Waals surface area (Å²) < 4.78 is 1.91. The van der Waals surface area contributed by atoms with Crippen LogP contribution in [0.2, 0.25) is 0 Å². The maximum atomic E-state index is 13.4. The molecule has 3 aromatic carbocycles. The van der Waals surface area contributed by atoms with Gasteiger partial charge >= 0.3 is 0 Å². The van der Waals surface area contributed by atoms with E-state index in [4.69, 9.17) is 0 Å². The molecule has 5 heteroatoms. The van der Waals surface area contributed by atoms with Crippen LogP contribution in [0.3, 0.4) is 0 Å². The largest absolute Gasteiger partial charge is 0.375 e. The number of carbonyl (C=O) groups excluding carboxylic acids is 2. The van der Waals surface area contributed by atoms with Crippen LogP contribution in [0.15, 0.2) is 103 Å². The number of carbonyl (C=O) groups is 2. The molecule has 5 rings (SSSR count). The van der Waals surface area contributed by atoms with Crippen molar-refractivity contribution >= 4 is 17.4 Å². The minimum absolute atomic E-state index is 0.278. The number of benzene rings is 3. The summed E-state index contributed by atoms with van der Waals surface area (Å²) >= 11 is 0. The third kappa shape index (κ3) is 3.88. The summed E-state index contributed by atoms with van der Waals surface area (Å²) in [4.78, 5) is 28.3. The maximum absolute atomic E-state index is 13.4. The van der Waals surface area contributed by atoms with Crippen molar-refractivity contribution in [3.05, 3.63) is 120 Å². The van der Waals surface area contributed by atoms with Gasteiger partial charge in [-0.05, 0) is 42.3 Å². The van der Waals surface area contributed by atoms with Gasteiger partial charge in [-0.25, -0.2) is 0 Å². The summed E-state index contributed by atoms with van der Waals surface area (Å²) in [5, 5.41) is 11.5. The number of para-hydroxylation sites is 1. The SMILES string of the molecule is O=C(CC1(O)C(=O)N(CCc2ccccc2)c2ccccc21)c1cccc(-n2cccc2)c1. The van der Waals surface area contributed by atoms with Crippen molar-refractivity contribution in [3.63, 3.8) is 0 Å². The highest BCUT2D eigenvalue weighted by Crippen LogP contribution is 2.43. The molecule has 1 aliphatic heterocycles. The van der Waals surface area contributed by atoms with Crippen LogP contribution in [0, 0.1) is 0 Å². The molecule has 33 heavy (non-hydrogen) atoms. The third-order valence-electron chi connectivity index (χ3n) is 6.19. The fraction of sp³-hybridized carbons (Fsp3) is 0.143. The number of rotatable bonds is 7. The first-order chi connectivity index (χ1) is 16.1. The number of hydrogen-bond donors (Lipinski definition) is 1. The van der Waals surface area contributed by atoms with Crippen molar-refractivity contribution in [2.24, 2.45) is 0 Å². The molecule has 1 N–H and O–H groups in total. The monoisotopic (exact) mass is 436 g/mol. The van der Waals surface area contributed by atoms with E-state index in [1.807, 2.05) is 83.7 Å². The fourth-order valence-corrected chi connectivity index (χ4v) is 4.47. The minimum atomic E-state index is -1.88. The number of aromatic nitrogens is 1. The first kappa shape index (κ1) is 20.9. The van der Waals surface area contributed by atoms with Crippen molar-refractivity contribution < 1.29 is 14.7 Å². The Morgan fingerprint density at radius 1 is 0.848 bits per heavy atom. The molecule has 0 radical (unpaired) electrons. The van der Waals surface area contributed by atoms with Crippen molar-refractivity contribution in [3.8, 4) is 5.69 Å². The highest BCUT2D eigenvalue weighted by molar-refractivity contribution is 6.10. The molecule has 1 aromatic heterocycles. The van der Waals surface area contributed by atoms with Crippen molar-refractivity contribution in [2.45, 2.75) is 18.4 Å². The Morgan fingerprint density at radius 2 is 1.58 bits per heavy atom. The van der Waals surface area contributed by atoms with Gasteiger partial charge in [0.2, 0.25) is 0 Å². The predicted molar refractivity (Wildman–Crippen MR) is 128 cm³/mol. The topological polar surface area (TPSA) is 62.5 Å². The lowest BCUT2D eigenvalue weighted by Crippen LogP contribution is -2.42. The Hall–Kier alpha value is -3.96. The Kier molecular flexibility index (Phi) is 5.40. The quantitative estimate of drug-likeness (QED) is 0.433. The van der Waals surface area contributed by atoms with Gasteiger partial charge in [0.1, 0.15) is 0 Å². The molecule has 0 aliphatic carbocycles. The molecular weight excluding hydrogens is 412 g/mol. The minimum Gasteiger partial charge on any atom is -0.375 e.